The molecule has 1 aliphatic heterocycles. The van der Waals surface area contributed by atoms with E-state index >= 15 is 0 Å². The first kappa shape index (κ1) is 22.0. The number of hydrogen-bond donors (Lipinski definition) is 1. The molecule has 1 unspecified atom stereocenters. The molecule has 1 atom stereocenters. The molecule has 0 spiro atoms. The van der Waals surface area contributed by atoms with Gasteiger partial charge in [0.15, 0.2) is 5.78 Å². The lowest BCUT2D eigenvalue weighted by Crippen LogP contribution is -2.40. The van der Waals surface area contributed by atoms with E-state index in [4.69, 9.17) is 4.74 Å². The number of Topliss-reactive ketones (excluding diaryl/α,β-unsaturated/α-hetero) is 1. The highest BCUT2D eigenvalue weighted by Gasteiger charge is 2.35. The summed E-state index contributed by atoms with van der Waals surface area (Å²) in [5.74, 6) is -0.363. The average Bonchev–Trinajstić information content (AvgIpc) is 3.20. The minimum Gasteiger partial charge on any atom is -0.422 e. The van der Waals surface area contributed by atoms with Gasteiger partial charge in [-0.25, -0.2) is 9.59 Å². The minimum absolute atomic E-state index is 0.0247. The highest BCUT2D eigenvalue weighted by molar-refractivity contribution is 6.38. The predicted octanol–water partition coefficient (Wildman–Crippen LogP) is 3.37. The Balaban J connectivity index is 1.70. The number of anilines is 2. The number of carbonyl (C=O) groups excluding carboxylic acids is 3. The summed E-state index contributed by atoms with van der Waals surface area (Å²) in [5.41, 5.74) is 1.57. The molecule has 31 heavy (non-hydrogen) atoms. The molecule has 0 fully saturated rings. The third kappa shape index (κ3) is 5.28. The molecule has 8 heteroatoms. The van der Waals surface area contributed by atoms with Gasteiger partial charge < -0.3 is 10.1 Å². The second kappa shape index (κ2) is 9.42. The second-order valence-corrected chi connectivity index (χ2v) is 7.60. The lowest BCUT2D eigenvalue weighted by atomic mass is 10.1. The highest BCUT2D eigenvalue weighted by Crippen LogP contribution is 2.26. The molecule has 0 aromatic heterocycles. The van der Waals surface area contributed by atoms with E-state index < -0.39 is 12.0 Å². The van der Waals surface area contributed by atoms with Gasteiger partial charge in [-0.3, -0.25) is 14.7 Å². The van der Waals surface area contributed by atoms with Crippen LogP contribution in [0.15, 0.2) is 59.7 Å². The molecule has 3 rings (SSSR count). The molecule has 0 bridgehead atoms. The fraction of sp³-hybridized carbons (Fsp3) is 0.304. The van der Waals surface area contributed by atoms with Crippen LogP contribution in [0.1, 0.15) is 27.2 Å². The van der Waals surface area contributed by atoms with Crippen molar-refractivity contribution >= 4 is 34.9 Å². The topological polar surface area (TPSA) is 91.3 Å². The third-order valence-electron chi connectivity index (χ3n) is 4.79. The van der Waals surface area contributed by atoms with Crippen molar-refractivity contribution in [3.8, 4) is 5.75 Å². The Morgan fingerprint density at radius 2 is 1.74 bits per heavy atom. The van der Waals surface area contributed by atoms with Crippen LogP contribution in [0.2, 0.25) is 0 Å². The molecule has 0 saturated heterocycles. The van der Waals surface area contributed by atoms with Crippen LogP contribution in [-0.4, -0.2) is 42.6 Å². The smallest absolute Gasteiger partial charge is 0.359 e. The predicted molar refractivity (Wildman–Crippen MR) is 120 cm³/mol. The first-order valence-electron chi connectivity index (χ1n) is 10.0. The number of hydrazone groups is 1. The van der Waals surface area contributed by atoms with Crippen LogP contribution in [0, 0.1) is 0 Å². The maximum Gasteiger partial charge on any atom is 0.359 e. The minimum atomic E-state index is -0.608. The zero-order chi connectivity index (χ0) is 22.5. The number of urea groups is 1. The number of nitrogens with zero attached hydrogens (tertiary/aromatic N) is 3. The molecule has 2 aromatic rings. The quantitative estimate of drug-likeness (QED) is 0.569. The zero-order valence-corrected chi connectivity index (χ0v) is 18.0. The van der Waals surface area contributed by atoms with Crippen LogP contribution in [0.3, 0.4) is 0 Å². The lowest BCUT2D eigenvalue weighted by molar-refractivity contribution is -0.127. The van der Waals surface area contributed by atoms with E-state index in [1.54, 1.807) is 36.3 Å². The molecule has 1 heterocycles. The number of carbonyl (C=O) groups is 3. The van der Waals surface area contributed by atoms with E-state index in [2.05, 4.69) is 10.4 Å². The van der Waals surface area contributed by atoms with Crippen LogP contribution in [0.5, 0.6) is 5.75 Å². The number of hydrogen-bond acceptors (Lipinski definition) is 6. The maximum atomic E-state index is 12.6. The Bertz CT molecular complexity index is 986. The van der Waals surface area contributed by atoms with Gasteiger partial charge >= 0.3 is 12.0 Å². The summed E-state index contributed by atoms with van der Waals surface area (Å²) < 4.78 is 5.44. The molecule has 1 N–H and O–H groups in total. The van der Waals surface area contributed by atoms with Crippen LogP contribution in [0.4, 0.5) is 16.2 Å². The highest BCUT2D eigenvalue weighted by atomic mass is 16.5. The van der Waals surface area contributed by atoms with Crippen molar-refractivity contribution in [1.29, 1.82) is 0 Å². The van der Waals surface area contributed by atoms with Gasteiger partial charge in [0.2, 0.25) is 0 Å². The van der Waals surface area contributed by atoms with Gasteiger partial charge in [0, 0.05) is 25.2 Å². The first-order valence-corrected chi connectivity index (χ1v) is 10.0. The Hall–Kier alpha value is -3.68. The van der Waals surface area contributed by atoms with Crippen LogP contribution in [-0.2, 0) is 9.59 Å². The van der Waals surface area contributed by atoms with E-state index in [9.17, 15) is 14.4 Å². The molecule has 8 nitrogen and oxygen atoms in total. The van der Waals surface area contributed by atoms with E-state index in [-0.39, 0.29) is 30.0 Å². The summed E-state index contributed by atoms with van der Waals surface area (Å²) in [6.07, 6.45) is 0.180. The van der Waals surface area contributed by atoms with Crippen molar-refractivity contribution in [3.63, 3.8) is 0 Å². The summed E-state index contributed by atoms with van der Waals surface area (Å²) in [4.78, 5) is 38.3. The normalized spacial score (nSPS) is 15.5. The van der Waals surface area contributed by atoms with Gasteiger partial charge in [0.05, 0.1) is 5.69 Å². The third-order valence-corrected chi connectivity index (χ3v) is 4.79. The molecule has 0 saturated carbocycles. The number of nitrogens with one attached hydrogen (secondary N) is 1. The van der Waals surface area contributed by atoms with Crippen molar-refractivity contribution in [3.05, 3.63) is 54.6 Å². The van der Waals surface area contributed by atoms with Crippen molar-refractivity contribution in [2.24, 2.45) is 5.10 Å². The van der Waals surface area contributed by atoms with Gasteiger partial charge in [0.1, 0.15) is 17.5 Å². The van der Waals surface area contributed by atoms with E-state index in [1.165, 1.54) is 11.8 Å². The Labute approximate surface area is 181 Å². The fourth-order valence-electron chi connectivity index (χ4n) is 3.13. The summed E-state index contributed by atoms with van der Waals surface area (Å²) in [6.45, 7) is 5.25. The summed E-state index contributed by atoms with van der Waals surface area (Å²) in [5, 5.41) is 8.72. The Morgan fingerprint density at radius 1 is 1.10 bits per heavy atom. The average molecular weight is 422 g/mol. The lowest BCUT2D eigenvalue weighted by Gasteiger charge is -2.20. The molecule has 2 amide bonds. The van der Waals surface area contributed by atoms with E-state index in [1.807, 2.05) is 44.2 Å². The number of esters is 1. The maximum absolute atomic E-state index is 12.6. The molecule has 162 valence electrons. The first-order chi connectivity index (χ1) is 14.8. The van der Waals surface area contributed by atoms with E-state index in [0.717, 1.165) is 5.69 Å². The molecule has 1 aliphatic rings. The molecular weight excluding hydrogens is 396 g/mol. The number of ketones is 1. The number of benzene rings is 2. The number of rotatable bonds is 6. The zero-order valence-electron chi connectivity index (χ0n) is 18.0. The van der Waals surface area contributed by atoms with Gasteiger partial charge in [-0.1, -0.05) is 18.2 Å². The Morgan fingerprint density at radius 3 is 2.32 bits per heavy atom. The van der Waals surface area contributed by atoms with Gasteiger partial charge in [-0.05, 0) is 57.2 Å². The fourth-order valence-corrected chi connectivity index (χ4v) is 3.13. The Kier molecular flexibility index (Phi) is 6.69. The summed E-state index contributed by atoms with van der Waals surface area (Å²) >= 11 is 0. The standard InChI is InChI=1S/C23H26N4O4/c1-15(2)24-23(30)26(4)17-10-12-19(13-11-17)31-22(29)20-14-21(16(3)28)27(25-20)18-8-6-5-7-9-18/h5-13,15,21H,14H2,1-4H3,(H,24,30). The second-order valence-electron chi connectivity index (χ2n) is 7.60. The molecule has 0 radical (unpaired) electrons. The molecule has 0 aliphatic carbocycles. The van der Waals surface area contributed by atoms with Gasteiger partial charge in [0.25, 0.3) is 0 Å². The molecule has 2 aromatic carbocycles. The summed E-state index contributed by atoms with van der Waals surface area (Å²) in [7, 11) is 1.66. The van der Waals surface area contributed by atoms with Crippen LogP contribution in [0.25, 0.3) is 0 Å². The van der Waals surface area contributed by atoms with Crippen molar-refractivity contribution in [1.82, 2.24) is 5.32 Å². The number of para-hydroxylation sites is 1. The van der Waals surface area contributed by atoms with Gasteiger partial charge in [-0.15, -0.1) is 0 Å². The van der Waals surface area contributed by atoms with Crippen molar-refractivity contribution in [2.45, 2.75) is 39.3 Å². The van der Waals surface area contributed by atoms with Gasteiger partial charge in [-0.2, -0.15) is 5.10 Å². The van der Waals surface area contributed by atoms with E-state index in [0.29, 0.717) is 11.4 Å². The van der Waals surface area contributed by atoms with Crippen molar-refractivity contribution in [2.75, 3.05) is 17.0 Å². The largest absolute Gasteiger partial charge is 0.422 e. The summed E-state index contributed by atoms with van der Waals surface area (Å²) in [6, 6.07) is 15.1. The number of ether oxygens (including phenoxy) is 1. The van der Waals surface area contributed by atoms with Crippen LogP contribution >= 0.6 is 0 Å². The number of amides is 2. The van der Waals surface area contributed by atoms with Crippen LogP contribution < -0.4 is 20.0 Å². The van der Waals surface area contributed by atoms with Crippen molar-refractivity contribution < 1.29 is 19.1 Å². The molecular formula is C23H26N4O4. The monoisotopic (exact) mass is 422 g/mol. The SMILES string of the molecule is CC(=O)C1CC(C(=O)Oc2ccc(N(C)C(=O)NC(C)C)cc2)=NN1c1ccccc1.